The van der Waals surface area contributed by atoms with E-state index in [0.29, 0.717) is 38.5 Å². The molecular weight excluding hydrogens is 599 g/mol. The van der Waals surface area contributed by atoms with E-state index < -0.39 is 0 Å². The molecule has 6 rings (SSSR count). The van der Waals surface area contributed by atoms with E-state index in [0.717, 1.165) is 11.3 Å². The summed E-state index contributed by atoms with van der Waals surface area (Å²) in [6.07, 6.45) is 16.4. The SMILES string of the molecule is O=C(CC1CCCC1)n1ccc(/C=C/c2ccccc2)n1.O=C(c1cccs1)n1nccc1/C=C/c1c(Cl)cccc1Cl. The minimum atomic E-state index is -0.162. The van der Waals surface area contributed by atoms with Crippen LogP contribution in [0.4, 0.5) is 0 Å². The third kappa shape index (κ3) is 8.29. The second-order valence-corrected chi connectivity index (χ2v) is 11.9. The Morgan fingerprint density at radius 1 is 0.860 bits per heavy atom. The van der Waals surface area contributed by atoms with Crippen molar-refractivity contribution < 1.29 is 9.59 Å². The first-order valence-electron chi connectivity index (χ1n) is 14.0. The van der Waals surface area contributed by atoms with Crippen molar-refractivity contribution >= 4 is 70.7 Å². The number of rotatable bonds is 7. The molecule has 1 aliphatic rings. The summed E-state index contributed by atoms with van der Waals surface area (Å²) in [4.78, 5) is 25.2. The summed E-state index contributed by atoms with van der Waals surface area (Å²) in [5.41, 5.74) is 3.32. The van der Waals surface area contributed by atoms with Gasteiger partial charge in [-0.1, -0.05) is 84.6 Å². The van der Waals surface area contributed by atoms with Crippen LogP contribution >= 0.6 is 34.5 Å². The number of nitrogens with zero attached hydrogens (tertiary/aromatic N) is 4. The van der Waals surface area contributed by atoms with E-state index in [2.05, 4.69) is 10.2 Å². The Labute approximate surface area is 264 Å². The molecule has 0 aliphatic heterocycles. The molecule has 3 heterocycles. The maximum atomic E-state index is 12.4. The molecule has 0 bridgehead atoms. The fourth-order valence-electron chi connectivity index (χ4n) is 4.82. The average molecular weight is 630 g/mol. The number of carbonyl (C=O) groups is 2. The Balaban J connectivity index is 0.000000171. The third-order valence-corrected chi connectivity index (χ3v) is 8.58. The highest BCUT2D eigenvalue weighted by atomic mass is 35.5. The fourth-order valence-corrected chi connectivity index (χ4v) is 5.99. The van der Waals surface area contributed by atoms with Gasteiger partial charge in [-0.2, -0.15) is 14.9 Å². The van der Waals surface area contributed by atoms with Crippen molar-refractivity contribution in [3.8, 4) is 0 Å². The highest BCUT2D eigenvalue weighted by Gasteiger charge is 2.19. The highest BCUT2D eigenvalue weighted by molar-refractivity contribution is 7.12. The Morgan fingerprint density at radius 2 is 1.63 bits per heavy atom. The zero-order valence-electron chi connectivity index (χ0n) is 23.4. The van der Waals surface area contributed by atoms with Gasteiger partial charge in [-0.15, -0.1) is 11.3 Å². The first-order chi connectivity index (χ1) is 21.0. The number of thiophene rings is 1. The second-order valence-electron chi connectivity index (χ2n) is 10.1. The van der Waals surface area contributed by atoms with Crippen LogP contribution in [0.1, 0.15) is 69.1 Å². The minimum absolute atomic E-state index is 0.112. The molecule has 6 nitrogen and oxygen atoms in total. The van der Waals surface area contributed by atoms with Crippen molar-refractivity contribution in [2.45, 2.75) is 32.1 Å². The number of hydrogen-bond donors (Lipinski definition) is 0. The zero-order chi connectivity index (χ0) is 30.0. The molecule has 9 heteroatoms. The van der Waals surface area contributed by atoms with Crippen molar-refractivity contribution in [3.05, 3.63) is 128 Å². The maximum Gasteiger partial charge on any atom is 0.288 e. The molecule has 3 aromatic heterocycles. The van der Waals surface area contributed by atoms with Crippen LogP contribution in [-0.2, 0) is 0 Å². The first-order valence-corrected chi connectivity index (χ1v) is 15.7. The minimum Gasteiger partial charge on any atom is -0.273 e. The van der Waals surface area contributed by atoms with Crippen LogP contribution in [0, 0.1) is 5.92 Å². The van der Waals surface area contributed by atoms with Crippen LogP contribution in [-0.4, -0.2) is 31.4 Å². The van der Waals surface area contributed by atoms with Gasteiger partial charge in [0, 0.05) is 28.2 Å². The van der Waals surface area contributed by atoms with Crippen molar-refractivity contribution in [3.63, 3.8) is 0 Å². The molecule has 43 heavy (non-hydrogen) atoms. The Morgan fingerprint density at radius 3 is 2.35 bits per heavy atom. The van der Waals surface area contributed by atoms with Crippen molar-refractivity contribution in [2.75, 3.05) is 0 Å². The quantitative estimate of drug-likeness (QED) is 0.180. The van der Waals surface area contributed by atoms with Gasteiger partial charge in [-0.05, 0) is 78.3 Å². The number of carbonyl (C=O) groups excluding carboxylic acids is 2. The van der Waals surface area contributed by atoms with E-state index in [1.165, 1.54) is 46.4 Å². The van der Waals surface area contributed by atoms with E-state index in [1.54, 1.807) is 54.9 Å². The molecule has 0 unspecified atom stereocenters. The van der Waals surface area contributed by atoms with Crippen molar-refractivity contribution in [1.82, 2.24) is 19.6 Å². The maximum absolute atomic E-state index is 12.4. The van der Waals surface area contributed by atoms with Gasteiger partial charge in [0.1, 0.15) is 0 Å². The third-order valence-electron chi connectivity index (χ3n) is 7.07. The molecule has 0 amide bonds. The van der Waals surface area contributed by atoms with Gasteiger partial charge < -0.3 is 0 Å². The molecule has 5 aromatic rings. The van der Waals surface area contributed by atoms with E-state index in [4.69, 9.17) is 23.2 Å². The number of halogens is 2. The average Bonchev–Trinajstić information content (AvgIpc) is 3.85. The van der Waals surface area contributed by atoms with Crippen molar-refractivity contribution in [2.24, 2.45) is 5.92 Å². The molecule has 2 aromatic carbocycles. The fraction of sp³-hybridized carbons (Fsp3) is 0.176. The lowest BCUT2D eigenvalue weighted by molar-refractivity contribution is 0.0863. The van der Waals surface area contributed by atoms with Gasteiger partial charge in [0.05, 0.1) is 22.5 Å². The summed E-state index contributed by atoms with van der Waals surface area (Å²) in [6.45, 7) is 0. The zero-order valence-corrected chi connectivity index (χ0v) is 25.7. The molecule has 0 atom stereocenters. The van der Waals surface area contributed by atoms with Crippen molar-refractivity contribution in [1.29, 1.82) is 0 Å². The molecule has 1 fully saturated rings. The first kappa shape index (κ1) is 30.4. The molecule has 1 saturated carbocycles. The second kappa shape index (κ2) is 14.9. The monoisotopic (exact) mass is 628 g/mol. The van der Waals surface area contributed by atoms with Crippen LogP contribution in [0.3, 0.4) is 0 Å². The predicted molar refractivity (Wildman–Crippen MR) is 176 cm³/mol. The van der Waals surface area contributed by atoms with E-state index in [9.17, 15) is 9.59 Å². The summed E-state index contributed by atoms with van der Waals surface area (Å²) in [5.74, 6) is 0.510. The van der Waals surface area contributed by atoms with Gasteiger partial charge in [0.25, 0.3) is 5.91 Å². The Bertz CT molecular complexity index is 1700. The molecule has 0 spiro atoms. The lowest BCUT2D eigenvalue weighted by Crippen LogP contribution is -2.14. The lowest BCUT2D eigenvalue weighted by Gasteiger charge is -2.06. The summed E-state index contributed by atoms with van der Waals surface area (Å²) in [6, 6.07) is 22.6. The van der Waals surface area contributed by atoms with Crippen LogP contribution in [0.5, 0.6) is 0 Å². The van der Waals surface area contributed by atoms with Crippen LogP contribution in [0.25, 0.3) is 24.3 Å². The van der Waals surface area contributed by atoms with Gasteiger partial charge in [0.2, 0.25) is 5.91 Å². The topological polar surface area (TPSA) is 69.8 Å². The van der Waals surface area contributed by atoms with Gasteiger partial charge in [-0.25, -0.2) is 4.68 Å². The molecule has 1 aliphatic carbocycles. The van der Waals surface area contributed by atoms with E-state index >= 15 is 0 Å². The van der Waals surface area contributed by atoms with Gasteiger partial charge >= 0.3 is 0 Å². The Hall–Kier alpha value is -4.04. The van der Waals surface area contributed by atoms with E-state index in [1.807, 2.05) is 60.0 Å². The standard InChI is InChI=1S/C18H20N2O.C16H10Cl2N2OS/c21-18(14-16-8-4-5-9-16)20-13-12-17(19-20)11-10-15-6-2-1-3-7-15;17-13-3-1-4-14(18)12(13)7-6-11-8-9-19-20(11)16(21)15-5-2-10-22-15/h1-3,6-7,10-13,16H,4-5,8-9,14H2;1-10H/b11-10+;7-6+. The summed E-state index contributed by atoms with van der Waals surface area (Å²) in [5, 5.41) is 11.4. The smallest absolute Gasteiger partial charge is 0.273 e. The van der Waals surface area contributed by atoms with Crippen LogP contribution in [0.15, 0.2) is 90.6 Å². The molecule has 0 radical (unpaired) electrons. The molecular formula is C34H30Cl2N4O2S. The summed E-state index contributed by atoms with van der Waals surface area (Å²) >= 11 is 13.6. The largest absolute Gasteiger partial charge is 0.288 e. The van der Waals surface area contributed by atoms with E-state index in [-0.39, 0.29) is 11.8 Å². The van der Waals surface area contributed by atoms with Crippen LogP contribution in [0.2, 0.25) is 10.0 Å². The molecule has 0 N–H and O–H groups in total. The molecule has 218 valence electrons. The van der Waals surface area contributed by atoms with Crippen LogP contribution < -0.4 is 0 Å². The number of aromatic nitrogens is 4. The summed E-state index contributed by atoms with van der Waals surface area (Å²) in [7, 11) is 0. The highest BCUT2D eigenvalue weighted by Crippen LogP contribution is 2.28. The molecule has 0 saturated heterocycles. The normalized spacial score (nSPS) is 13.4. The summed E-state index contributed by atoms with van der Waals surface area (Å²) < 4.78 is 2.84. The number of hydrogen-bond acceptors (Lipinski definition) is 5. The number of benzene rings is 2. The predicted octanol–water partition coefficient (Wildman–Crippen LogP) is 9.38. The van der Waals surface area contributed by atoms with Gasteiger partial charge in [-0.3, -0.25) is 9.59 Å². The lowest BCUT2D eigenvalue weighted by atomic mass is 10.0. The Kier molecular flexibility index (Phi) is 10.6. The van der Waals surface area contributed by atoms with Gasteiger partial charge in [0.15, 0.2) is 0 Å².